The molecule has 0 unspecified atom stereocenters. The molecule has 0 saturated carbocycles. The molecule has 0 spiro atoms. The van der Waals surface area contributed by atoms with Gasteiger partial charge in [-0.05, 0) is 48.9 Å². The van der Waals surface area contributed by atoms with Crippen LogP contribution in [-0.4, -0.2) is 66.6 Å². The molecule has 1 N–H and O–H groups in total. The van der Waals surface area contributed by atoms with Crippen LogP contribution in [0.15, 0.2) is 60.9 Å². The highest BCUT2D eigenvalue weighted by Gasteiger charge is 2.13. The van der Waals surface area contributed by atoms with Gasteiger partial charge < -0.3 is 19.9 Å². The minimum atomic E-state index is 0.595. The summed E-state index contributed by atoms with van der Waals surface area (Å²) in [5.41, 5.74) is 4.39. The molecule has 0 atom stereocenters. The lowest BCUT2D eigenvalue weighted by Gasteiger charge is -2.32. The van der Waals surface area contributed by atoms with Crippen molar-refractivity contribution >= 4 is 11.6 Å². The Bertz CT molecular complexity index is 917. The van der Waals surface area contributed by atoms with Crippen molar-refractivity contribution < 1.29 is 4.74 Å². The van der Waals surface area contributed by atoms with E-state index in [9.17, 15) is 0 Å². The maximum Gasteiger partial charge on any atom is 0.227 e. The van der Waals surface area contributed by atoms with E-state index in [-0.39, 0.29) is 0 Å². The number of ether oxygens (including phenoxy) is 1. The lowest BCUT2D eigenvalue weighted by Crippen LogP contribution is -2.45. The van der Waals surface area contributed by atoms with E-state index in [0.717, 1.165) is 35.5 Å². The lowest BCUT2D eigenvalue weighted by atomic mass is 10.1. The van der Waals surface area contributed by atoms with Crippen molar-refractivity contribution in [1.82, 2.24) is 19.8 Å². The molecular weight excluding hydrogens is 374 g/mol. The first kappa shape index (κ1) is 20.3. The number of rotatable bonds is 7. The van der Waals surface area contributed by atoms with Crippen LogP contribution < -0.4 is 10.1 Å². The molecule has 6 heteroatoms. The van der Waals surface area contributed by atoms with Gasteiger partial charge in [-0.3, -0.25) is 0 Å². The molecular formula is C24H29N5O. The van der Waals surface area contributed by atoms with Gasteiger partial charge in [0.05, 0.1) is 7.11 Å². The Morgan fingerprint density at radius 3 is 2.17 bits per heavy atom. The minimum absolute atomic E-state index is 0.595. The molecule has 1 aliphatic rings. The van der Waals surface area contributed by atoms with Gasteiger partial charge in [-0.1, -0.05) is 24.3 Å². The van der Waals surface area contributed by atoms with Gasteiger partial charge in [0.15, 0.2) is 0 Å². The second kappa shape index (κ2) is 9.69. The van der Waals surface area contributed by atoms with Gasteiger partial charge in [0.1, 0.15) is 5.75 Å². The lowest BCUT2D eigenvalue weighted by molar-refractivity contribution is 0.155. The Balaban J connectivity index is 1.30. The number of hydrogen-bond donors (Lipinski definition) is 1. The highest BCUT2D eigenvalue weighted by atomic mass is 16.5. The zero-order chi connectivity index (χ0) is 20.8. The van der Waals surface area contributed by atoms with E-state index >= 15 is 0 Å². The zero-order valence-corrected chi connectivity index (χ0v) is 17.7. The molecule has 0 amide bonds. The summed E-state index contributed by atoms with van der Waals surface area (Å²) in [4.78, 5) is 13.8. The first-order valence-electron chi connectivity index (χ1n) is 10.4. The van der Waals surface area contributed by atoms with Crippen LogP contribution in [0.25, 0.3) is 11.1 Å². The van der Waals surface area contributed by atoms with Crippen molar-refractivity contribution in [2.45, 2.75) is 6.42 Å². The van der Waals surface area contributed by atoms with E-state index in [1.165, 1.54) is 31.7 Å². The topological polar surface area (TPSA) is 53.5 Å². The van der Waals surface area contributed by atoms with Crippen molar-refractivity contribution in [3.63, 3.8) is 0 Å². The van der Waals surface area contributed by atoms with Crippen LogP contribution in [0.5, 0.6) is 5.75 Å². The van der Waals surface area contributed by atoms with Gasteiger partial charge in [0.2, 0.25) is 5.95 Å². The number of hydrogen-bond acceptors (Lipinski definition) is 6. The Kier molecular flexibility index (Phi) is 6.57. The van der Waals surface area contributed by atoms with Crippen molar-refractivity contribution in [1.29, 1.82) is 0 Å². The van der Waals surface area contributed by atoms with E-state index in [4.69, 9.17) is 4.74 Å². The summed E-state index contributed by atoms with van der Waals surface area (Å²) in [6.45, 7) is 5.79. The molecule has 4 rings (SSSR count). The van der Waals surface area contributed by atoms with Crippen LogP contribution in [0, 0.1) is 0 Å². The average molecular weight is 404 g/mol. The Morgan fingerprint density at radius 1 is 0.867 bits per heavy atom. The summed E-state index contributed by atoms with van der Waals surface area (Å²) >= 11 is 0. The van der Waals surface area contributed by atoms with Gasteiger partial charge in [0, 0.05) is 56.4 Å². The third-order valence-electron chi connectivity index (χ3n) is 5.60. The highest BCUT2D eigenvalue weighted by Crippen LogP contribution is 2.22. The molecule has 156 valence electrons. The molecule has 0 aliphatic carbocycles. The van der Waals surface area contributed by atoms with Crippen LogP contribution in [-0.2, 0) is 6.42 Å². The van der Waals surface area contributed by atoms with Crippen LogP contribution >= 0.6 is 0 Å². The molecule has 0 radical (unpaired) electrons. The number of anilines is 2. The van der Waals surface area contributed by atoms with Crippen LogP contribution in [0.2, 0.25) is 0 Å². The van der Waals surface area contributed by atoms with Crippen molar-refractivity contribution in [3.8, 4) is 16.9 Å². The molecule has 6 nitrogen and oxygen atoms in total. The first-order chi connectivity index (χ1) is 14.7. The molecule has 1 fully saturated rings. The van der Waals surface area contributed by atoms with Crippen molar-refractivity contribution in [3.05, 3.63) is 66.5 Å². The number of nitrogens with one attached hydrogen (secondary N) is 1. The molecule has 1 aromatic heterocycles. The fraction of sp³-hybridized carbons (Fsp3) is 0.333. The number of aromatic nitrogens is 2. The fourth-order valence-corrected chi connectivity index (χ4v) is 3.57. The molecule has 1 saturated heterocycles. The molecule has 3 aromatic rings. The van der Waals surface area contributed by atoms with Gasteiger partial charge >= 0.3 is 0 Å². The predicted octanol–water partition coefficient (Wildman–Crippen LogP) is 3.69. The second-order valence-electron chi connectivity index (χ2n) is 7.74. The summed E-state index contributed by atoms with van der Waals surface area (Å²) in [5, 5.41) is 3.28. The third kappa shape index (κ3) is 5.34. The van der Waals surface area contributed by atoms with Crippen LogP contribution in [0.3, 0.4) is 0 Å². The summed E-state index contributed by atoms with van der Waals surface area (Å²) < 4.78 is 5.20. The SMILES string of the molecule is COc1ccc(-c2cnc(Nc3ccc(CCN4CCN(C)CC4)cc3)nc2)cc1. The van der Waals surface area contributed by atoms with Gasteiger partial charge in [-0.25, -0.2) is 9.97 Å². The van der Waals surface area contributed by atoms with E-state index in [1.807, 2.05) is 36.7 Å². The maximum absolute atomic E-state index is 5.20. The third-order valence-corrected chi connectivity index (χ3v) is 5.60. The molecule has 0 bridgehead atoms. The van der Waals surface area contributed by atoms with Gasteiger partial charge in [-0.15, -0.1) is 0 Å². The summed E-state index contributed by atoms with van der Waals surface area (Å²) in [7, 11) is 3.86. The van der Waals surface area contributed by atoms with E-state index in [2.05, 4.69) is 56.4 Å². The number of nitrogens with zero attached hydrogens (tertiary/aromatic N) is 4. The summed E-state index contributed by atoms with van der Waals surface area (Å²) in [6, 6.07) is 16.4. The van der Waals surface area contributed by atoms with E-state index in [1.54, 1.807) is 7.11 Å². The van der Waals surface area contributed by atoms with Gasteiger partial charge in [-0.2, -0.15) is 0 Å². The zero-order valence-electron chi connectivity index (χ0n) is 17.7. The van der Waals surface area contributed by atoms with Crippen LogP contribution in [0.4, 0.5) is 11.6 Å². The smallest absolute Gasteiger partial charge is 0.227 e. The van der Waals surface area contributed by atoms with Crippen molar-refractivity contribution in [2.24, 2.45) is 0 Å². The molecule has 1 aliphatic heterocycles. The molecule has 2 aromatic carbocycles. The molecule has 2 heterocycles. The number of methoxy groups -OCH3 is 1. The Labute approximate surface area is 178 Å². The normalized spacial score (nSPS) is 15.1. The fourth-order valence-electron chi connectivity index (χ4n) is 3.57. The second-order valence-corrected chi connectivity index (χ2v) is 7.74. The number of benzene rings is 2. The van der Waals surface area contributed by atoms with Crippen LogP contribution in [0.1, 0.15) is 5.56 Å². The number of likely N-dealkylation sites (N-methyl/N-ethyl adjacent to an activating group) is 1. The molecule has 30 heavy (non-hydrogen) atoms. The largest absolute Gasteiger partial charge is 0.497 e. The van der Waals surface area contributed by atoms with E-state index in [0.29, 0.717) is 5.95 Å². The Morgan fingerprint density at radius 2 is 1.53 bits per heavy atom. The minimum Gasteiger partial charge on any atom is -0.497 e. The number of piperazine rings is 1. The first-order valence-corrected chi connectivity index (χ1v) is 10.4. The maximum atomic E-state index is 5.20. The summed E-state index contributed by atoms with van der Waals surface area (Å²) in [5.74, 6) is 1.43. The standard InChI is InChI=1S/C24H29N5O/c1-28-13-15-29(16-14-28)12-11-19-3-7-22(8-4-19)27-24-25-17-21(18-26-24)20-5-9-23(30-2)10-6-20/h3-10,17-18H,11-16H2,1-2H3,(H,25,26,27). The monoisotopic (exact) mass is 403 g/mol. The van der Waals surface area contributed by atoms with Gasteiger partial charge in [0.25, 0.3) is 0 Å². The summed E-state index contributed by atoms with van der Waals surface area (Å²) in [6.07, 6.45) is 4.75. The van der Waals surface area contributed by atoms with E-state index < -0.39 is 0 Å². The predicted molar refractivity (Wildman–Crippen MR) is 121 cm³/mol. The average Bonchev–Trinajstić information content (AvgIpc) is 2.80. The quantitative estimate of drug-likeness (QED) is 0.649. The van der Waals surface area contributed by atoms with Crippen molar-refractivity contribution in [2.75, 3.05) is 52.2 Å². The highest BCUT2D eigenvalue weighted by molar-refractivity contribution is 5.63. The Hall–Kier alpha value is -2.96.